The molecule has 0 aliphatic heterocycles. The zero-order chi connectivity index (χ0) is 18.0. The van der Waals surface area contributed by atoms with Crippen molar-refractivity contribution in [2.24, 2.45) is 7.05 Å². The molecule has 1 N–H and O–H groups in total. The Hall–Kier alpha value is -2.78. The Morgan fingerprint density at radius 3 is 2.56 bits per heavy atom. The number of anilines is 1. The lowest BCUT2D eigenvalue weighted by atomic mass is 10.1. The van der Waals surface area contributed by atoms with Crippen molar-refractivity contribution in [2.75, 3.05) is 5.32 Å². The van der Waals surface area contributed by atoms with E-state index in [1.165, 1.54) is 6.08 Å². The second-order valence-electron chi connectivity index (χ2n) is 5.87. The molecule has 0 radical (unpaired) electrons. The third kappa shape index (κ3) is 3.52. The number of carbonyl (C=O) groups is 1. The molecule has 3 rings (SSSR count). The molecule has 0 spiro atoms. The molecule has 0 bridgehead atoms. The molecule has 3 aromatic rings. The van der Waals surface area contributed by atoms with Gasteiger partial charge >= 0.3 is 0 Å². The van der Waals surface area contributed by atoms with Crippen molar-refractivity contribution in [1.82, 2.24) is 4.57 Å². The van der Waals surface area contributed by atoms with Crippen molar-refractivity contribution in [3.05, 3.63) is 77.0 Å². The van der Waals surface area contributed by atoms with E-state index >= 15 is 0 Å². The number of hydrogen-bond acceptors (Lipinski definition) is 1. The lowest BCUT2D eigenvalue weighted by Crippen LogP contribution is -2.06. The van der Waals surface area contributed by atoms with Gasteiger partial charge in [-0.15, -0.1) is 0 Å². The molecule has 0 unspecified atom stereocenters. The average molecular weight is 351 g/mol. The van der Waals surface area contributed by atoms with Gasteiger partial charge in [-0.25, -0.2) is 0 Å². The molecule has 0 saturated heterocycles. The first-order valence-corrected chi connectivity index (χ1v) is 8.33. The Morgan fingerprint density at radius 1 is 1.16 bits per heavy atom. The molecule has 0 aliphatic rings. The third-order valence-electron chi connectivity index (χ3n) is 4.31. The van der Waals surface area contributed by atoms with Gasteiger partial charge in [0.05, 0.1) is 0 Å². The van der Waals surface area contributed by atoms with Crippen LogP contribution in [0, 0.1) is 6.92 Å². The van der Waals surface area contributed by atoms with Crippen molar-refractivity contribution >= 4 is 46.3 Å². The summed E-state index contributed by atoms with van der Waals surface area (Å²) < 4.78 is 2.15. The number of fused-ring (bicyclic) bond motifs is 1. The summed E-state index contributed by atoms with van der Waals surface area (Å²) >= 11 is 5.94. The number of hydrogen-bond donors (Lipinski definition) is 1. The predicted octanol–water partition coefficient (Wildman–Crippen LogP) is 5.44. The van der Waals surface area contributed by atoms with Gasteiger partial charge in [-0.1, -0.05) is 42.5 Å². The number of nitrogens with one attached hydrogen (secondary N) is 1. The first-order chi connectivity index (χ1) is 12.0. The lowest BCUT2D eigenvalue weighted by molar-refractivity contribution is -0.111. The van der Waals surface area contributed by atoms with Crippen molar-refractivity contribution < 1.29 is 4.79 Å². The highest BCUT2D eigenvalue weighted by Crippen LogP contribution is 2.29. The summed E-state index contributed by atoms with van der Waals surface area (Å²) in [6.07, 6.45) is 5.43. The smallest absolute Gasteiger partial charge is 0.247 e. The molecule has 1 heterocycles. The van der Waals surface area contributed by atoms with Crippen LogP contribution in [-0.2, 0) is 11.8 Å². The minimum absolute atomic E-state index is 0.217. The third-order valence-corrected chi connectivity index (χ3v) is 4.56. The van der Waals surface area contributed by atoms with Crippen molar-refractivity contribution in [2.45, 2.75) is 6.92 Å². The maximum absolute atomic E-state index is 11.6. The molecule has 0 saturated carbocycles. The van der Waals surface area contributed by atoms with Crippen LogP contribution < -0.4 is 5.32 Å². The van der Waals surface area contributed by atoms with E-state index in [1.54, 1.807) is 0 Å². The van der Waals surface area contributed by atoms with Gasteiger partial charge in [0.15, 0.2) is 0 Å². The van der Waals surface area contributed by atoms with Crippen LogP contribution in [-0.4, -0.2) is 10.5 Å². The number of halogens is 1. The van der Waals surface area contributed by atoms with Crippen LogP contribution in [0.3, 0.4) is 0 Å². The largest absolute Gasteiger partial charge is 0.347 e. The van der Waals surface area contributed by atoms with Crippen molar-refractivity contribution in [1.29, 1.82) is 0 Å². The highest BCUT2D eigenvalue weighted by molar-refractivity contribution is 6.30. The van der Waals surface area contributed by atoms with Gasteiger partial charge in [0.1, 0.15) is 0 Å². The van der Waals surface area contributed by atoms with E-state index in [4.69, 9.17) is 11.6 Å². The molecule has 1 aromatic heterocycles. The summed E-state index contributed by atoms with van der Waals surface area (Å²) in [6, 6.07) is 13.6. The van der Waals surface area contributed by atoms with Crippen LogP contribution >= 0.6 is 11.6 Å². The van der Waals surface area contributed by atoms with Gasteiger partial charge in [-0.2, -0.15) is 0 Å². The van der Waals surface area contributed by atoms with Crippen LogP contribution in [0.5, 0.6) is 0 Å². The van der Waals surface area contributed by atoms with Gasteiger partial charge in [-0.3, -0.25) is 4.79 Å². The quantitative estimate of drug-likeness (QED) is 0.625. The molecule has 0 fully saturated rings. The van der Waals surface area contributed by atoms with E-state index in [9.17, 15) is 4.79 Å². The van der Waals surface area contributed by atoms with Gasteiger partial charge in [0, 0.05) is 39.9 Å². The minimum Gasteiger partial charge on any atom is -0.347 e. The molecule has 0 aliphatic carbocycles. The molecule has 0 atom stereocenters. The molecule has 4 heteroatoms. The van der Waals surface area contributed by atoms with Crippen LogP contribution in [0.4, 0.5) is 5.69 Å². The highest BCUT2D eigenvalue weighted by atomic mass is 35.5. The highest BCUT2D eigenvalue weighted by Gasteiger charge is 2.11. The minimum atomic E-state index is -0.217. The zero-order valence-electron chi connectivity index (χ0n) is 14.2. The maximum atomic E-state index is 11.6. The predicted molar refractivity (Wildman–Crippen MR) is 107 cm³/mol. The Balaban J connectivity index is 2.04. The summed E-state index contributed by atoms with van der Waals surface area (Å²) in [7, 11) is 2.04. The fraction of sp³-hybridized carbons (Fsp3) is 0.0952. The molecule has 1 amide bonds. The topological polar surface area (TPSA) is 34.0 Å². The molecule has 25 heavy (non-hydrogen) atoms. The Labute approximate surface area is 152 Å². The monoisotopic (exact) mass is 350 g/mol. The molecule has 2 aromatic carbocycles. The molecular weight excluding hydrogens is 332 g/mol. The number of aromatic nitrogens is 1. The molecule has 3 nitrogen and oxygen atoms in total. The number of nitrogens with zero attached hydrogens (tertiary/aromatic N) is 1. The second-order valence-corrected chi connectivity index (χ2v) is 6.30. The fourth-order valence-electron chi connectivity index (χ4n) is 2.84. The van der Waals surface area contributed by atoms with Crippen molar-refractivity contribution in [3.8, 4) is 0 Å². The van der Waals surface area contributed by atoms with Crippen LogP contribution in [0.25, 0.3) is 23.1 Å². The van der Waals surface area contributed by atoms with E-state index in [0.29, 0.717) is 0 Å². The second kappa shape index (κ2) is 6.99. The van der Waals surface area contributed by atoms with E-state index in [1.807, 2.05) is 49.5 Å². The summed E-state index contributed by atoms with van der Waals surface area (Å²) in [6.45, 7) is 5.57. The molecular formula is C21H19ClN2O. The standard InChI is InChI=1S/C21H19ClN2O/c1-4-21(25)23-17-10-12-20-19(13-17)18(14(2)24(20)3)11-7-15-5-8-16(22)9-6-15/h4-13H,1H2,2-3H3,(H,23,25)/b11-7+. The van der Waals surface area contributed by atoms with E-state index in [-0.39, 0.29) is 5.91 Å². The first-order valence-electron chi connectivity index (χ1n) is 7.95. The van der Waals surface area contributed by atoms with Gasteiger partial charge in [-0.05, 0) is 48.9 Å². The maximum Gasteiger partial charge on any atom is 0.247 e. The number of aryl methyl sites for hydroxylation is 1. The summed E-state index contributed by atoms with van der Waals surface area (Å²) in [4.78, 5) is 11.6. The Kier molecular flexibility index (Phi) is 4.77. The van der Waals surface area contributed by atoms with E-state index in [0.717, 1.165) is 38.4 Å². The summed E-state index contributed by atoms with van der Waals surface area (Å²) in [5.74, 6) is -0.217. The van der Waals surface area contributed by atoms with Crippen LogP contribution in [0.1, 0.15) is 16.8 Å². The molecule has 126 valence electrons. The number of rotatable bonds is 4. The van der Waals surface area contributed by atoms with Crippen LogP contribution in [0.15, 0.2) is 55.1 Å². The first kappa shape index (κ1) is 17.1. The lowest BCUT2D eigenvalue weighted by Gasteiger charge is -2.03. The number of benzene rings is 2. The van der Waals surface area contributed by atoms with E-state index < -0.39 is 0 Å². The van der Waals surface area contributed by atoms with Crippen molar-refractivity contribution in [3.63, 3.8) is 0 Å². The zero-order valence-corrected chi connectivity index (χ0v) is 15.0. The van der Waals surface area contributed by atoms with Crippen LogP contribution in [0.2, 0.25) is 5.02 Å². The number of amides is 1. The normalized spacial score (nSPS) is 11.2. The van der Waals surface area contributed by atoms with Gasteiger partial charge in [0.25, 0.3) is 0 Å². The average Bonchev–Trinajstić information content (AvgIpc) is 2.85. The number of carbonyl (C=O) groups excluding carboxylic acids is 1. The summed E-state index contributed by atoms with van der Waals surface area (Å²) in [5, 5.41) is 4.63. The van der Waals surface area contributed by atoms with Gasteiger partial charge < -0.3 is 9.88 Å². The van der Waals surface area contributed by atoms with Gasteiger partial charge in [0.2, 0.25) is 5.91 Å². The van der Waals surface area contributed by atoms with E-state index in [2.05, 4.69) is 35.5 Å². The Morgan fingerprint density at radius 2 is 1.88 bits per heavy atom. The summed E-state index contributed by atoms with van der Waals surface area (Å²) in [5.41, 5.74) is 5.24. The SMILES string of the molecule is C=CC(=O)Nc1ccc2c(c1)c(/C=C/c1ccc(Cl)cc1)c(C)n2C. The fourth-order valence-corrected chi connectivity index (χ4v) is 2.96. The Bertz CT molecular complexity index is 981.